The van der Waals surface area contributed by atoms with Gasteiger partial charge in [0.15, 0.2) is 0 Å². The first-order valence-electron chi connectivity index (χ1n) is 9.19. The summed E-state index contributed by atoms with van der Waals surface area (Å²) in [6.45, 7) is 0.558. The standard InChI is InChI=1S/C21H22N2O2S2/c24-19(22-14-17-12-15-4-1-2-6-18(15)27-17)7-9-21(10-8-20(25)23-21)13-16-5-3-11-26-16/h1-6,11-12H,7-10,13-14H2,(H,22,24)(H,23,25). The maximum atomic E-state index is 12.4. The van der Waals surface area contributed by atoms with Crippen molar-refractivity contribution in [3.05, 3.63) is 57.6 Å². The number of thiophene rings is 2. The molecule has 140 valence electrons. The van der Waals surface area contributed by atoms with E-state index < -0.39 is 0 Å². The first-order valence-corrected chi connectivity index (χ1v) is 10.9. The summed E-state index contributed by atoms with van der Waals surface area (Å²) in [4.78, 5) is 26.6. The number of hydrogen-bond acceptors (Lipinski definition) is 4. The third-order valence-electron chi connectivity index (χ3n) is 5.09. The molecule has 6 heteroatoms. The highest BCUT2D eigenvalue weighted by molar-refractivity contribution is 7.19. The first kappa shape index (κ1) is 18.2. The second-order valence-electron chi connectivity index (χ2n) is 7.11. The minimum Gasteiger partial charge on any atom is -0.351 e. The summed E-state index contributed by atoms with van der Waals surface area (Å²) in [7, 11) is 0. The zero-order chi connectivity index (χ0) is 18.7. The number of nitrogens with one attached hydrogen (secondary N) is 2. The van der Waals surface area contributed by atoms with E-state index in [-0.39, 0.29) is 17.4 Å². The van der Waals surface area contributed by atoms with Gasteiger partial charge in [-0.15, -0.1) is 22.7 Å². The number of benzene rings is 1. The number of hydrogen-bond donors (Lipinski definition) is 2. The summed E-state index contributed by atoms with van der Waals surface area (Å²) < 4.78 is 1.24. The molecule has 3 aromatic rings. The minimum absolute atomic E-state index is 0.0409. The van der Waals surface area contributed by atoms with Crippen molar-refractivity contribution in [1.82, 2.24) is 10.6 Å². The molecule has 4 rings (SSSR count). The molecule has 2 amide bonds. The van der Waals surface area contributed by atoms with Crippen LogP contribution in [-0.2, 0) is 22.6 Å². The van der Waals surface area contributed by atoms with E-state index in [1.807, 2.05) is 18.2 Å². The van der Waals surface area contributed by atoms with E-state index in [9.17, 15) is 9.59 Å². The molecular weight excluding hydrogens is 376 g/mol. The normalized spacial score (nSPS) is 19.3. The lowest BCUT2D eigenvalue weighted by Gasteiger charge is -2.28. The molecule has 4 nitrogen and oxygen atoms in total. The number of fused-ring (bicyclic) bond motifs is 1. The molecular formula is C21H22N2O2S2. The van der Waals surface area contributed by atoms with Crippen LogP contribution in [0.15, 0.2) is 47.8 Å². The maximum Gasteiger partial charge on any atom is 0.220 e. The smallest absolute Gasteiger partial charge is 0.220 e. The molecule has 2 aromatic heterocycles. The summed E-state index contributed by atoms with van der Waals surface area (Å²) in [5.74, 6) is 0.136. The van der Waals surface area contributed by atoms with Crippen LogP contribution in [0.5, 0.6) is 0 Å². The third-order valence-corrected chi connectivity index (χ3v) is 7.09. The molecule has 3 heterocycles. The van der Waals surface area contributed by atoms with Crippen LogP contribution in [0.25, 0.3) is 10.1 Å². The van der Waals surface area contributed by atoms with Crippen molar-refractivity contribution in [3.8, 4) is 0 Å². The number of carbonyl (C=O) groups is 2. The van der Waals surface area contributed by atoms with Gasteiger partial charge in [0.2, 0.25) is 11.8 Å². The van der Waals surface area contributed by atoms with E-state index in [4.69, 9.17) is 0 Å². The second-order valence-corrected chi connectivity index (χ2v) is 9.31. The summed E-state index contributed by atoms with van der Waals surface area (Å²) >= 11 is 3.42. The van der Waals surface area contributed by atoms with Crippen LogP contribution in [0.3, 0.4) is 0 Å². The fourth-order valence-corrected chi connectivity index (χ4v) is 5.53. The van der Waals surface area contributed by atoms with Gasteiger partial charge in [0.05, 0.1) is 6.54 Å². The quantitative estimate of drug-likeness (QED) is 0.625. The lowest BCUT2D eigenvalue weighted by atomic mass is 9.87. The fraction of sp³-hybridized carbons (Fsp3) is 0.333. The highest BCUT2D eigenvalue weighted by atomic mass is 32.1. The van der Waals surface area contributed by atoms with Crippen LogP contribution in [0.4, 0.5) is 0 Å². The zero-order valence-electron chi connectivity index (χ0n) is 15.0. The Morgan fingerprint density at radius 3 is 2.81 bits per heavy atom. The Hall–Kier alpha value is -2.18. The highest BCUT2D eigenvalue weighted by Crippen LogP contribution is 2.31. The van der Waals surface area contributed by atoms with Gasteiger partial charge in [-0.2, -0.15) is 0 Å². The van der Waals surface area contributed by atoms with Gasteiger partial charge in [-0.1, -0.05) is 24.3 Å². The molecule has 1 fully saturated rings. The Bertz CT molecular complexity index is 915. The lowest BCUT2D eigenvalue weighted by Crippen LogP contribution is -2.44. The summed E-state index contributed by atoms with van der Waals surface area (Å²) in [6, 6.07) is 14.5. The monoisotopic (exact) mass is 398 g/mol. The topological polar surface area (TPSA) is 58.2 Å². The molecule has 0 bridgehead atoms. The van der Waals surface area contributed by atoms with Crippen LogP contribution in [-0.4, -0.2) is 17.4 Å². The maximum absolute atomic E-state index is 12.4. The summed E-state index contributed by atoms with van der Waals surface area (Å²) in [5.41, 5.74) is -0.281. The first-order chi connectivity index (χ1) is 13.1. The van der Waals surface area contributed by atoms with Crippen molar-refractivity contribution in [1.29, 1.82) is 0 Å². The molecule has 1 saturated heterocycles. The van der Waals surface area contributed by atoms with Crippen LogP contribution in [0.1, 0.15) is 35.4 Å². The van der Waals surface area contributed by atoms with Gasteiger partial charge in [0.25, 0.3) is 0 Å². The Balaban J connectivity index is 1.33. The summed E-state index contributed by atoms with van der Waals surface area (Å²) in [6.07, 6.45) is 3.26. The van der Waals surface area contributed by atoms with Crippen molar-refractivity contribution in [2.24, 2.45) is 0 Å². The van der Waals surface area contributed by atoms with Crippen LogP contribution < -0.4 is 10.6 Å². The van der Waals surface area contributed by atoms with Crippen molar-refractivity contribution in [2.75, 3.05) is 0 Å². The molecule has 0 radical (unpaired) electrons. The predicted molar refractivity (Wildman–Crippen MR) is 111 cm³/mol. The Morgan fingerprint density at radius 2 is 2.07 bits per heavy atom. The molecule has 1 aliphatic rings. The molecule has 1 atom stereocenters. The largest absolute Gasteiger partial charge is 0.351 e. The molecule has 2 N–H and O–H groups in total. The number of amides is 2. The molecule has 1 unspecified atom stereocenters. The van der Waals surface area contributed by atoms with E-state index in [0.29, 0.717) is 25.8 Å². The van der Waals surface area contributed by atoms with Gasteiger partial charge in [-0.05, 0) is 41.8 Å². The van der Waals surface area contributed by atoms with Gasteiger partial charge in [0, 0.05) is 39.3 Å². The van der Waals surface area contributed by atoms with E-state index >= 15 is 0 Å². The lowest BCUT2D eigenvalue weighted by molar-refractivity contribution is -0.122. The van der Waals surface area contributed by atoms with Crippen molar-refractivity contribution in [2.45, 2.75) is 44.2 Å². The Kier molecular flexibility index (Phi) is 5.27. The molecule has 1 aromatic carbocycles. The van der Waals surface area contributed by atoms with Gasteiger partial charge < -0.3 is 10.6 Å². The fourth-order valence-electron chi connectivity index (χ4n) is 3.68. The Labute approximate surface area is 166 Å². The summed E-state index contributed by atoms with van der Waals surface area (Å²) in [5, 5.41) is 9.45. The minimum atomic E-state index is -0.281. The SMILES string of the molecule is O=C(CCC1(Cc2cccs2)CCC(=O)N1)NCc1cc2ccccc2s1. The molecule has 0 aliphatic carbocycles. The van der Waals surface area contributed by atoms with E-state index in [2.05, 4.69) is 40.3 Å². The predicted octanol–water partition coefficient (Wildman–Crippen LogP) is 4.25. The third kappa shape index (κ3) is 4.39. The van der Waals surface area contributed by atoms with Crippen molar-refractivity contribution >= 4 is 44.6 Å². The molecule has 1 aliphatic heterocycles. The Morgan fingerprint density at radius 1 is 1.19 bits per heavy atom. The average molecular weight is 399 g/mol. The highest BCUT2D eigenvalue weighted by Gasteiger charge is 2.38. The van der Waals surface area contributed by atoms with Crippen molar-refractivity contribution in [3.63, 3.8) is 0 Å². The van der Waals surface area contributed by atoms with E-state index in [1.54, 1.807) is 22.7 Å². The molecule has 0 spiro atoms. The van der Waals surface area contributed by atoms with E-state index in [0.717, 1.165) is 17.7 Å². The number of rotatable bonds is 7. The van der Waals surface area contributed by atoms with Crippen LogP contribution in [0, 0.1) is 0 Å². The van der Waals surface area contributed by atoms with Gasteiger partial charge in [-0.25, -0.2) is 0 Å². The second kappa shape index (κ2) is 7.82. The zero-order valence-corrected chi connectivity index (χ0v) is 16.6. The van der Waals surface area contributed by atoms with Gasteiger partial charge in [0.1, 0.15) is 0 Å². The van der Waals surface area contributed by atoms with Gasteiger partial charge in [-0.3, -0.25) is 9.59 Å². The van der Waals surface area contributed by atoms with Crippen LogP contribution >= 0.6 is 22.7 Å². The average Bonchev–Trinajstić information content (AvgIpc) is 3.39. The van der Waals surface area contributed by atoms with Crippen LogP contribution in [0.2, 0.25) is 0 Å². The molecule has 27 heavy (non-hydrogen) atoms. The van der Waals surface area contributed by atoms with E-state index in [1.165, 1.54) is 15.0 Å². The number of carbonyl (C=O) groups excluding carboxylic acids is 2. The van der Waals surface area contributed by atoms with Gasteiger partial charge >= 0.3 is 0 Å². The van der Waals surface area contributed by atoms with Crippen molar-refractivity contribution < 1.29 is 9.59 Å². The molecule has 0 saturated carbocycles.